The zero-order valence-corrected chi connectivity index (χ0v) is 19.5. The first-order valence-corrected chi connectivity index (χ1v) is 12.1. The molecule has 176 valence electrons. The SMILES string of the molecule is Cc1ccc(C2NC(=O)N(C)C3=C2C(=O)N(CC(=O)N2CCN(C4CCCC4)CC2)C3)cc1. The maximum absolute atomic E-state index is 13.4. The molecule has 1 atom stereocenters. The van der Waals surface area contributed by atoms with Crippen LogP contribution in [0, 0.1) is 6.92 Å². The van der Waals surface area contributed by atoms with Gasteiger partial charge in [-0.2, -0.15) is 0 Å². The molecule has 2 fully saturated rings. The van der Waals surface area contributed by atoms with Crippen molar-refractivity contribution < 1.29 is 14.4 Å². The lowest BCUT2D eigenvalue weighted by Crippen LogP contribution is -2.53. The standard InChI is InChI=1S/C25H33N5O3/c1-17-7-9-18(10-8-17)23-22-20(27(2)25(33)26-23)15-30(24(22)32)16-21(31)29-13-11-28(12-14-29)19-5-3-4-6-19/h7-10,19,23H,3-6,11-16H2,1-2H3,(H,26,33). The summed E-state index contributed by atoms with van der Waals surface area (Å²) < 4.78 is 0. The molecule has 0 radical (unpaired) electrons. The van der Waals surface area contributed by atoms with E-state index in [1.807, 2.05) is 36.1 Å². The number of piperazine rings is 1. The van der Waals surface area contributed by atoms with Crippen LogP contribution in [0.2, 0.25) is 0 Å². The highest BCUT2D eigenvalue weighted by Crippen LogP contribution is 2.35. The molecule has 1 aliphatic carbocycles. The molecule has 8 heteroatoms. The van der Waals surface area contributed by atoms with Crippen molar-refractivity contribution in [2.45, 2.75) is 44.7 Å². The number of amides is 4. The van der Waals surface area contributed by atoms with E-state index in [1.54, 1.807) is 11.9 Å². The molecule has 1 saturated heterocycles. The Kier molecular flexibility index (Phi) is 5.86. The number of benzene rings is 1. The number of nitrogens with zero attached hydrogens (tertiary/aromatic N) is 4. The summed E-state index contributed by atoms with van der Waals surface area (Å²) in [6.07, 6.45) is 5.17. The summed E-state index contributed by atoms with van der Waals surface area (Å²) in [6, 6.07) is 7.80. The van der Waals surface area contributed by atoms with Gasteiger partial charge in [-0.25, -0.2) is 4.79 Å². The Morgan fingerprint density at radius 1 is 1.03 bits per heavy atom. The Balaban J connectivity index is 1.26. The molecular weight excluding hydrogens is 418 g/mol. The minimum absolute atomic E-state index is 0.0110. The van der Waals surface area contributed by atoms with Gasteiger partial charge >= 0.3 is 6.03 Å². The number of hydrogen-bond acceptors (Lipinski definition) is 4. The summed E-state index contributed by atoms with van der Waals surface area (Å²) in [4.78, 5) is 46.6. The van der Waals surface area contributed by atoms with Gasteiger partial charge < -0.3 is 15.1 Å². The molecule has 0 bridgehead atoms. The number of carbonyl (C=O) groups is 3. The lowest BCUT2D eigenvalue weighted by atomic mass is 9.95. The summed E-state index contributed by atoms with van der Waals surface area (Å²) in [5, 5.41) is 2.95. The Labute approximate surface area is 195 Å². The van der Waals surface area contributed by atoms with Gasteiger partial charge in [0.2, 0.25) is 5.91 Å². The molecule has 33 heavy (non-hydrogen) atoms. The van der Waals surface area contributed by atoms with Crippen LogP contribution < -0.4 is 5.32 Å². The second-order valence-corrected chi connectivity index (χ2v) is 9.73. The smallest absolute Gasteiger partial charge is 0.322 e. The van der Waals surface area contributed by atoms with Crippen molar-refractivity contribution in [3.63, 3.8) is 0 Å². The predicted molar refractivity (Wildman–Crippen MR) is 124 cm³/mol. The minimum Gasteiger partial charge on any atom is -0.339 e. The molecule has 0 spiro atoms. The van der Waals surface area contributed by atoms with Gasteiger partial charge in [0.25, 0.3) is 5.91 Å². The first kappa shape index (κ1) is 21.9. The second-order valence-electron chi connectivity index (χ2n) is 9.73. The van der Waals surface area contributed by atoms with E-state index in [9.17, 15) is 14.4 Å². The number of likely N-dealkylation sites (N-methyl/N-ethyl adjacent to an activating group) is 1. The highest BCUT2D eigenvalue weighted by molar-refractivity contribution is 6.02. The maximum Gasteiger partial charge on any atom is 0.322 e. The molecule has 8 nitrogen and oxygen atoms in total. The predicted octanol–water partition coefficient (Wildman–Crippen LogP) is 1.87. The highest BCUT2D eigenvalue weighted by Gasteiger charge is 2.43. The van der Waals surface area contributed by atoms with Gasteiger partial charge in [-0.3, -0.25) is 19.4 Å². The van der Waals surface area contributed by atoms with Gasteiger partial charge in [0.1, 0.15) is 6.54 Å². The third kappa shape index (κ3) is 4.12. The van der Waals surface area contributed by atoms with Crippen LogP contribution in [-0.4, -0.2) is 89.8 Å². The van der Waals surface area contributed by atoms with E-state index in [4.69, 9.17) is 0 Å². The van der Waals surface area contributed by atoms with Crippen LogP contribution in [0.3, 0.4) is 0 Å². The van der Waals surface area contributed by atoms with E-state index < -0.39 is 6.04 Å². The largest absolute Gasteiger partial charge is 0.339 e. The van der Waals surface area contributed by atoms with Gasteiger partial charge in [-0.15, -0.1) is 0 Å². The van der Waals surface area contributed by atoms with Crippen molar-refractivity contribution >= 4 is 17.8 Å². The lowest BCUT2D eigenvalue weighted by molar-refractivity contribution is -0.139. The van der Waals surface area contributed by atoms with Crippen LogP contribution in [0.1, 0.15) is 42.9 Å². The molecule has 4 amide bonds. The molecule has 1 unspecified atom stereocenters. The first-order chi connectivity index (χ1) is 15.9. The third-order valence-corrected chi connectivity index (χ3v) is 7.68. The van der Waals surface area contributed by atoms with E-state index in [0.29, 0.717) is 17.3 Å². The van der Waals surface area contributed by atoms with Crippen LogP contribution in [0.25, 0.3) is 0 Å². The van der Waals surface area contributed by atoms with Crippen LogP contribution in [0.4, 0.5) is 4.79 Å². The summed E-state index contributed by atoms with van der Waals surface area (Å²) in [5.74, 6) is -0.177. The zero-order valence-electron chi connectivity index (χ0n) is 19.5. The lowest BCUT2D eigenvalue weighted by Gasteiger charge is -2.38. The second kappa shape index (κ2) is 8.82. The van der Waals surface area contributed by atoms with Crippen molar-refractivity contribution in [2.75, 3.05) is 46.3 Å². The number of rotatable bonds is 4. The maximum atomic E-state index is 13.4. The van der Waals surface area contributed by atoms with E-state index in [2.05, 4.69) is 10.2 Å². The molecule has 3 aliphatic heterocycles. The van der Waals surface area contributed by atoms with Gasteiger partial charge in [-0.1, -0.05) is 42.7 Å². The van der Waals surface area contributed by atoms with Crippen LogP contribution >= 0.6 is 0 Å². The van der Waals surface area contributed by atoms with Crippen molar-refractivity contribution in [2.24, 2.45) is 0 Å². The van der Waals surface area contributed by atoms with E-state index >= 15 is 0 Å². The number of hydrogen-bond donors (Lipinski definition) is 1. The molecular formula is C25H33N5O3. The van der Waals surface area contributed by atoms with Crippen molar-refractivity contribution in [1.82, 2.24) is 24.9 Å². The van der Waals surface area contributed by atoms with Crippen molar-refractivity contribution in [1.29, 1.82) is 0 Å². The zero-order chi connectivity index (χ0) is 23.1. The molecule has 5 rings (SSSR count). The molecule has 1 aromatic rings. The number of urea groups is 1. The first-order valence-electron chi connectivity index (χ1n) is 12.1. The highest BCUT2D eigenvalue weighted by atomic mass is 16.2. The van der Waals surface area contributed by atoms with Crippen molar-refractivity contribution in [3.8, 4) is 0 Å². The summed E-state index contributed by atoms with van der Waals surface area (Å²) in [6.45, 7) is 5.61. The third-order valence-electron chi connectivity index (χ3n) is 7.68. The molecule has 4 aliphatic rings. The van der Waals surface area contributed by atoms with Gasteiger partial charge in [0, 0.05) is 39.3 Å². The van der Waals surface area contributed by atoms with E-state index in [1.165, 1.54) is 30.6 Å². The van der Waals surface area contributed by atoms with Crippen molar-refractivity contribution in [3.05, 3.63) is 46.7 Å². The van der Waals surface area contributed by atoms with Crippen LogP contribution in [-0.2, 0) is 9.59 Å². The molecule has 3 heterocycles. The number of aryl methyl sites for hydroxylation is 1. The average molecular weight is 452 g/mol. The summed E-state index contributed by atoms with van der Waals surface area (Å²) in [5.41, 5.74) is 3.25. The minimum atomic E-state index is -0.494. The topological polar surface area (TPSA) is 76.2 Å². The molecule has 1 aromatic carbocycles. The van der Waals surface area contributed by atoms with Gasteiger partial charge in [0.15, 0.2) is 0 Å². The number of carbonyl (C=O) groups excluding carboxylic acids is 3. The van der Waals surface area contributed by atoms with Crippen LogP contribution in [0.15, 0.2) is 35.5 Å². The fourth-order valence-corrected chi connectivity index (χ4v) is 5.63. The Morgan fingerprint density at radius 2 is 1.70 bits per heavy atom. The molecule has 1 saturated carbocycles. The Bertz CT molecular complexity index is 974. The Hall–Kier alpha value is -2.87. The van der Waals surface area contributed by atoms with E-state index in [0.717, 1.165) is 37.3 Å². The summed E-state index contributed by atoms with van der Waals surface area (Å²) in [7, 11) is 1.68. The summed E-state index contributed by atoms with van der Waals surface area (Å²) >= 11 is 0. The fourth-order valence-electron chi connectivity index (χ4n) is 5.63. The van der Waals surface area contributed by atoms with Crippen LogP contribution in [0.5, 0.6) is 0 Å². The average Bonchev–Trinajstić information content (AvgIpc) is 3.46. The Morgan fingerprint density at radius 3 is 2.36 bits per heavy atom. The van der Waals surface area contributed by atoms with E-state index in [-0.39, 0.29) is 30.9 Å². The normalized spacial score (nSPS) is 24.5. The fraction of sp³-hybridized carbons (Fsp3) is 0.560. The molecule has 1 N–H and O–H groups in total. The van der Waals surface area contributed by atoms with Gasteiger partial charge in [0.05, 0.1) is 23.9 Å². The monoisotopic (exact) mass is 451 g/mol. The van der Waals surface area contributed by atoms with Gasteiger partial charge in [-0.05, 0) is 25.3 Å². The molecule has 0 aromatic heterocycles. The number of nitrogens with one attached hydrogen (secondary N) is 1. The quantitative estimate of drug-likeness (QED) is 0.759.